The smallest absolute Gasteiger partial charge is 0.344 e. The fourth-order valence-corrected chi connectivity index (χ4v) is 7.41. The Balaban J connectivity index is 1.26. The summed E-state index contributed by atoms with van der Waals surface area (Å²) in [4.78, 5) is 13.2. The third-order valence-corrected chi connectivity index (χ3v) is 9.24. The van der Waals surface area contributed by atoms with Crippen molar-refractivity contribution in [2.75, 3.05) is 0 Å². The highest BCUT2D eigenvalue weighted by molar-refractivity contribution is 5.88. The first-order valence-electron chi connectivity index (χ1n) is 13.5. The summed E-state index contributed by atoms with van der Waals surface area (Å²) < 4.78 is 8.38. The van der Waals surface area contributed by atoms with Gasteiger partial charge in [-0.05, 0) is 92.0 Å². The van der Waals surface area contributed by atoms with Crippen LogP contribution in [-0.2, 0) is 17.7 Å². The van der Waals surface area contributed by atoms with E-state index in [2.05, 4.69) is 30.7 Å². The van der Waals surface area contributed by atoms with Gasteiger partial charge in [0.2, 0.25) is 0 Å². The molecule has 3 aliphatic rings. The van der Waals surface area contributed by atoms with E-state index in [9.17, 15) is 9.90 Å². The summed E-state index contributed by atoms with van der Waals surface area (Å²) in [6.45, 7) is 5.56. The van der Waals surface area contributed by atoms with Crippen LogP contribution in [0, 0.1) is 17.3 Å². The van der Waals surface area contributed by atoms with E-state index >= 15 is 0 Å². The lowest BCUT2D eigenvalue weighted by Crippen LogP contribution is -2.45. The molecule has 0 unspecified atom stereocenters. The first-order valence-corrected chi connectivity index (χ1v) is 13.5. The SMILES string of the molecule is CCCCCC[n+]1cccc(C(=O)O[C@@H]2CC[C@H]3[C@@H]4CCc5cc(O)ccc5[C@H]4CC[C@]23C)c1. The number of phenols is 1. The van der Waals surface area contributed by atoms with Crippen molar-refractivity contribution < 1.29 is 19.2 Å². The second-order valence-electron chi connectivity index (χ2n) is 11.2. The molecule has 182 valence electrons. The third-order valence-electron chi connectivity index (χ3n) is 9.24. The van der Waals surface area contributed by atoms with E-state index in [1.54, 1.807) is 0 Å². The van der Waals surface area contributed by atoms with Crippen molar-refractivity contribution in [2.24, 2.45) is 17.3 Å². The summed E-state index contributed by atoms with van der Waals surface area (Å²) in [6, 6.07) is 9.84. The number of carbonyl (C=O) groups excluding carboxylic acids is 1. The van der Waals surface area contributed by atoms with Crippen LogP contribution in [0.3, 0.4) is 0 Å². The molecule has 0 aliphatic heterocycles. The highest BCUT2D eigenvalue weighted by Crippen LogP contribution is 2.61. The van der Waals surface area contributed by atoms with Gasteiger partial charge in [0, 0.05) is 17.9 Å². The van der Waals surface area contributed by atoms with E-state index < -0.39 is 0 Å². The number of hydrogen-bond acceptors (Lipinski definition) is 3. The van der Waals surface area contributed by atoms with Gasteiger partial charge in [0.15, 0.2) is 12.4 Å². The fraction of sp³-hybridized carbons (Fsp3) is 0.600. The molecule has 1 aromatic heterocycles. The molecule has 0 bridgehead atoms. The Morgan fingerprint density at radius 2 is 2.03 bits per heavy atom. The van der Waals surface area contributed by atoms with Gasteiger partial charge in [0.05, 0.1) is 0 Å². The van der Waals surface area contributed by atoms with Crippen LogP contribution in [0.1, 0.15) is 99.0 Å². The van der Waals surface area contributed by atoms with Crippen LogP contribution in [-0.4, -0.2) is 17.2 Å². The zero-order valence-corrected chi connectivity index (χ0v) is 20.8. The molecule has 1 heterocycles. The molecule has 0 radical (unpaired) electrons. The summed E-state index contributed by atoms with van der Waals surface area (Å²) >= 11 is 0. The molecular weight excluding hydrogens is 422 g/mol. The highest BCUT2D eigenvalue weighted by Gasteiger charge is 2.56. The summed E-state index contributed by atoms with van der Waals surface area (Å²) in [5.74, 6) is 2.06. The first-order chi connectivity index (χ1) is 16.5. The van der Waals surface area contributed by atoms with Crippen LogP contribution in [0.5, 0.6) is 5.75 Å². The predicted molar refractivity (Wildman–Crippen MR) is 133 cm³/mol. The number of fused-ring (bicyclic) bond motifs is 5. The van der Waals surface area contributed by atoms with Crippen LogP contribution >= 0.6 is 0 Å². The Hall–Kier alpha value is -2.36. The number of aryl methyl sites for hydroxylation is 2. The van der Waals surface area contributed by atoms with Crippen molar-refractivity contribution in [3.8, 4) is 5.75 Å². The van der Waals surface area contributed by atoms with Crippen LogP contribution in [0.15, 0.2) is 42.7 Å². The lowest BCUT2D eigenvalue weighted by molar-refractivity contribution is -0.697. The van der Waals surface area contributed by atoms with Gasteiger partial charge in [-0.2, -0.15) is 0 Å². The molecule has 1 aromatic carbocycles. The van der Waals surface area contributed by atoms with Gasteiger partial charge in [0.25, 0.3) is 0 Å². The number of hydrogen-bond donors (Lipinski definition) is 1. The maximum absolute atomic E-state index is 13.2. The van der Waals surface area contributed by atoms with E-state index in [1.807, 2.05) is 30.5 Å². The number of aromatic hydroxyl groups is 1. The molecule has 1 N–H and O–H groups in total. The minimum absolute atomic E-state index is 0.00498. The minimum atomic E-state index is -0.165. The average molecular weight is 463 g/mol. The molecule has 2 saturated carbocycles. The Morgan fingerprint density at radius 1 is 1.15 bits per heavy atom. The summed E-state index contributed by atoms with van der Waals surface area (Å²) in [7, 11) is 0. The molecule has 5 atom stereocenters. The first kappa shape index (κ1) is 23.4. The van der Waals surface area contributed by atoms with Crippen molar-refractivity contribution in [3.05, 3.63) is 59.4 Å². The maximum atomic E-state index is 13.2. The van der Waals surface area contributed by atoms with Gasteiger partial charge in [0.1, 0.15) is 24.0 Å². The van der Waals surface area contributed by atoms with Crippen molar-refractivity contribution in [2.45, 2.75) is 96.6 Å². The third kappa shape index (κ3) is 4.36. The Labute approximate surface area is 204 Å². The van der Waals surface area contributed by atoms with E-state index in [1.165, 1.54) is 36.8 Å². The number of benzene rings is 1. The van der Waals surface area contributed by atoms with Gasteiger partial charge in [-0.25, -0.2) is 9.36 Å². The van der Waals surface area contributed by atoms with Crippen molar-refractivity contribution in [1.29, 1.82) is 0 Å². The number of nitrogens with zero attached hydrogens (tertiary/aromatic N) is 1. The number of unbranched alkanes of at least 4 members (excludes halogenated alkanes) is 3. The molecule has 5 rings (SSSR count). The van der Waals surface area contributed by atoms with Gasteiger partial charge < -0.3 is 9.84 Å². The molecule has 3 aliphatic carbocycles. The zero-order valence-electron chi connectivity index (χ0n) is 20.8. The quantitative estimate of drug-likeness (QED) is 0.297. The van der Waals surface area contributed by atoms with Gasteiger partial charge in [-0.3, -0.25) is 0 Å². The van der Waals surface area contributed by atoms with Crippen LogP contribution < -0.4 is 4.57 Å². The molecule has 4 nitrogen and oxygen atoms in total. The molecule has 0 amide bonds. The van der Waals surface area contributed by atoms with E-state index in [0.29, 0.717) is 29.1 Å². The maximum Gasteiger partial charge on any atom is 0.344 e. The lowest BCUT2D eigenvalue weighted by Gasteiger charge is -2.50. The van der Waals surface area contributed by atoms with E-state index in [-0.39, 0.29) is 17.5 Å². The number of phenolic OH excluding ortho intramolecular Hbond substituents is 1. The number of ether oxygens (including phenoxy) is 1. The lowest BCUT2D eigenvalue weighted by atomic mass is 9.55. The highest BCUT2D eigenvalue weighted by atomic mass is 16.5. The summed E-state index contributed by atoms with van der Waals surface area (Å²) in [6.07, 6.45) is 15.5. The average Bonchev–Trinajstić information content (AvgIpc) is 3.17. The Morgan fingerprint density at radius 3 is 2.88 bits per heavy atom. The number of aromatic nitrogens is 1. The monoisotopic (exact) mass is 462 g/mol. The Bertz CT molecular complexity index is 1030. The topological polar surface area (TPSA) is 50.4 Å². The van der Waals surface area contributed by atoms with Crippen LogP contribution in [0.4, 0.5) is 0 Å². The normalized spacial score (nSPS) is 29.7. The molecular formula is C30H40NO3+. The van der Waals surface area contributed by atoms with Gasteiger partial charge in [-0.1, -0.05) is 32.8 Å². The largest absolute Gasteiger partial charge is 0.508 e. The second-order valence-corrected chi connectivity index (χ2v) is 11.2. The molecule has 2 aromatic rings. The van der Waals surface area contributed by atoms with Crippen molar-refractivity contribution in [3.63, 3.8) is 0 Å². The predicted octanol–water partition coefficient (Wildman–Crippen LogP) is 6.34. The van der Waals surface area contributed by atoms with E-state index in [0.717, 1.165) is 45.1 Å². The molecule has 2 fully saturated rings. The molecule has 34 heavy (non-hydrogen) atoms. The number of pyridine rings is 1. The molecule has 0 spiro atoms. The van der Waals surface area contributed by atoms with Gasteiger partial charge in [-0.15, -0.1) is 0 Å². The number of rotatable bonds is 7. The minimum Gasteiger partial charge on any atom is -0.508 e. The Kier molecular flexibility index (Phi) is 6.68. The van der Waals surface area contributed by atoms with Gasteiger partial charge >= 0.3 is 5.97 Å². The molecule has 4 heteroatoms. The fourth-order valence-electron chi connectivity index (χ4n) is 7.41. The summed E-state index contributed by atoms with van der Waals surface area (Å²) in [5, 5.41) is 9.92. The van der Waals surface area contributed by atoms with E-state index in [4.69, 9.17) is 4.74 Å². The van der Waals surface area contributed by atoms with Crippen molar-refractivity contribution in [1.82, 2.24) is 0 Å². The summed E-state index contributed by atoms with van der Waals surface area (Å²) in [5.41, 5.74) is 3.52. The second kappa shape index (κ2) is 9.71. The molecule has 0 saturated heterocycles. The van der Waals surface area contributed by atoms with Crippen molar-refractivity contribution >= 4 is 5.97 Å². The van der Waals surface area contributed by atoms with Crippen LogP contribution in [0.2, 0.25) is 0 Å². The van der Waals surface area contributed by atoms with Crippen LogP contribution in [0.25, 0.3) is 0 Å². The standard InChI is InChI=1S/C30H39NO3/c1-3-4-5-6-17-31-18-7-8-22(20-31)29(33)34-28-14-13-27-26-11-9-21-19-23(32)10-12-24(21)25(26)15-16-30(27,28)2/h7-8,10,12,18-20,25-28H,3-6,9,11,13-17H2,1-2H3/p+1/t25-,26-,27+,28-,30+/m1/s1. The number of esters is 1. The zero-order chi connectivity index (χ0) is 23.7. The number of carbonyl (C=O) groups is 1.